The van der Waals surface area contributed by atoms with Crippen LogP contribution in [0.15, 0.2) is 23.1 Å². The van der Waals surface area contributed by atoms with Gasteiger partial charge in [0.15, 0.2) is 5.65 Å². The van der Waals surface area contributed by atoms with Gasteiger partial charge < -0.3 is 14.8 Å². The van der Waals surface area contributed by atoms with Gasteiger partial charge in [-0.25, -0.2) is 9.78 Å². The van der Waals surface area contributed by atoms with Crippen molar-refractivity contribution in [2.24, 2.45) is 7.05 Å². The van der Waals surface area contributed by atoms with E-state index in [-0.39, 0.29) is 11.7 Å². The lowest BCUT2D eigenvalue weighted by Gasteiger charge is -2.11. The third-order valence-electron chi connectivity index (χ3n) is 5.13. The molecule has 3 aromatic rings. The van der Waals surface area contributed by atoms with Crippen molar-refractivity contribution in [2.75, 3.05) is 25.1 Å². The number of rotatable bonds is 3. The van der Waals surface area contributed by atoms with Gasteiger partial charge >= 0.3 is 5.69 Å². The number of hydrogen-bond acceptors (Lipinski definition) is 6. The Labute approximate surface area is 159 Å². The summed E-state index contributed by atoms with van der Waals surface area (Å²) >= 11 is 6.37. The van der Waals surface area contributed by atoms with Gasteiger partial charge in [0, 0.05) is 26.1 Å². The molecule has 1 saturated heterocycles. The predicted molar refractivity (Wildman–Crippen MR) is 101 cm³/mol. The minimum atomic E-state index is -0.111. The Kier molecular flexibility index (Phi) is 3.84. The molecule has 1 aromatic carbocycles. The Morgan fingerprint density at radius 3 is 3.04 bits per heavy atom. The van der Waals surface area contributed by atoms with Crippen LogP contribution in [0.5, 0.6) is 5.75 Å². The van der Waals surface area contributed by atoms with Crippen LogP contribution < -0.4 is 15.7 Å². The quantitative estimate of drug-likeness (QED) is 0.743. The zero-order valence-electron chi connectivity index (χ0n) is 14.7. The first kappa shape index (κ1) is 16.6. The van der Waals surface area contributed by atoms with Crippen molar-refractivity contribution in [3.63, 3.8) is 0 Å². The van der Waals surface area contributed by atoms with Gasteiger partial charge in [0.05, 0.1) is 36.2 Å². The second-order valence-corrected chi connectivity index (χ2v) is 7.20. The first-order chi connectivity index (χ1) is 13.1. The van der Waals surface area contributed by atoms with Gasteiger partial charge in [-0.1, -0.05) is 11.6 Å². The van der Waals surface area contributed by atoms with E-state index < -0.39 is 0 Å². The number of ether oxygens (including phenoxy) is 2. The molecule has 1 fully saturated rings. The van der Waals surface area contributed by atoms with Crippen molar-refractivity contribution in [3.8, 4) is 5.75 Å². The number of nitrogens with zero attached hydrogens (tertiary/aromatic N) is 4. The molecule has 0 radical (unpaired) electrons. The van der Waals surface area contributed by atoms with Gasteiger partial charge in [-0.2, -0.15) is 4.98 Å². The van der Waals surface area contributed by atoms with E-state index in [1.165, 1.54) is 0 Å². The van der Waals surface area contributed by atoms with Crippen LogP contribution in [0.3, 0.4) is 0 Å². The molecule has 4 heterocycles. The number of fused-ring (bicyclic) bond motifs is 2. The lowest BCUT2D eigenvalue weighted by molar-refractivity contribution is 0.186. The van der Waals surface area contributed by atoms with Gasteiger partial charge in [-0.15, -0.1) is 0 Å². The molecule has 1 unspecified atom stereocenters. The Morgan fingerprint density at radius 2 is 2.22 bits per heavy atom. The molecular formula is C18H18ClN5O3. The minimum Gasteiger partial charge on any atom is -0.493 e. The fraction of sp³-hybridized carbons (Fsp3) is 0.389. The van der Waals surface area contributed by atoms with Crippen molar-refractivity contribution in [1.29, 1.82) is 0 Å². The van der Waals surface area contributed by atoms with Crippen LogP contribution in [0.1, 0.15) is 18.0 Å². The molecule has 140 valence electrons. The molecule has 2 aliphatic rings. The SMILES string of the molecule is Cn1c(=O)n(C2CCOC2)c2nc(Nc3cc4c(cc3Cl)OCC4)ncc21. The molecule has 8 nitrogen and oxygen atoms in total. The average molecular weight is 388 g/mol. The molecule has 9 heteroatoms. The van der Waals surface area contributed by atoms with E-state index in [2.05, 4.69) is 15.3 Å². The van der Waals surface area contributed by atoms with Crippen LogP contribution in [0, 0.1) is 0 Å². The first-order valence-corrected chi connectivity index (χ1v) is 9.23. The standard InChI is InChI=1S/C18H18ClN5O3/c1-23-14-8-20-17(21-13-6-10-2-5-27-15(10)7-12(13)19)22-16(14)24(18(23)25)11-3-4-26-9-11/h6-8,11H,2-5,9H2,1H3,(H,20,21,22). The van der Waals surface area contributed by atoms with E-state index in [4.69, 9.17) is 21.1 Å². The number of anilines is 2. The van der Waals surface area contributed by atoms with E-state index in [0.717, 1.165) is 24.2 Å². The van der Waals surface area contributed by atoms with Gasteiger partial charge in [0.1, 0.15) is 11.3 Å². The van der Waals surface area contributed by atoms with E-state index in [1.807, 2.05) is 6.07 Å². The summed E-state index contributed by atoms with van der Waals surface area (Å²) in [5, 5.41) is 3.71. The van der Waals surface area contributed by atoms with Crippen molar-refractivity contribution in [3.05, 3.63) is 39.4 Å². The summed E-state index contributed by atoms with van der Waals surface area (Å²) in [7, 11) is 1.73. The largest absolute Gasteiger partial charge is 0.493 e. The molecule has 0 bridgehead atoms. The molecule has 27 heavy (non-hydrogen) atoms. The number of aromatic nitrogens is 4. The predicted octanol–water partition coefficient (Wildman–Crippen LogP) is 2.42. The van der Waals surface area contributed by atoms with Crippen molar-refractivity contribution in [1.82, 2.24) is 19.1 Å². The lowest BCUT2D eigenvalue weighted by Crippen LogP contribution is -2.26. The van der Waals surface area contributed by atoms with E-state index >= 15 is 0 Å². The maximum Gasteiger partial charge on any atom is 0.330 e. The third-order valence-corrected chi connectivity index (χ3v) is 5.44. The highest BCUT2D eigenvalue weighted by Gasteiger charge is 2.25. The molecule has 0 amide bonds. The Hall–Kier alpha value is -2.58. The van der Waals surface area contributed by atoms with Crippen LogP contribution in [0.25, 0.3) is 11.2 Å². The maximum absolute atomic E-state index is 12.7. The molecular weight excluding hydrogens is 370 g/mol. The topological polar surface area (TPSA) is 83.2 Å². The first-order valence-electron chi connectivity index (χ1n) is 8.86. The molecule has 0 spiro atoms. The lowest BCUT2D eigenvalue weighted by atomic mass is 10.1. The van der Waals surface area contributed by atoms with E-state index in [9.17, 15) is 4.79 Å². The Bertz CT molecular complexity index is 1100. The second-order valence-electron chi connectivity index (χ2n) is 6.79. The highest BCUT2D eigenvalue weighted by Crippen LogP contribution is 2.35. The molecule has 0 aliphatic carbocycles. The summed E-state index contributed by atoms with van der Waals surface area (Å²) in [6.07, 6.45) is 3.30. The van der Waals surface area contributed by atoms with E-state index in [0.29, 0.717) is 47.6 Å². The van der Waals surface area contributed by atoms with Crippen LogP contribution >= 0.6 is 11.6 Å². The Morgan fingerprint density at radius 1 is 1.33 bits per heavy atom. The Balaban J connectivity index is 1.57. The average Bonchev–Trinajstić information content (AvgIpc) is 3.37. The minimum absolute atomic E-state index is 0.00955. The van der Waals surface area contributed by atoms with Gasteiger partial charge in [0.25, 0.3) is 0 Å². The van der Waals surface area contributed by atoms with Gasteiger partial charge in [-0.05, 0) is 18.1 Å². The van der Waals surface area contributed by atoms with Gasteiger partial charge in [0.2, 0.25) is 5.95 Å². The van der Waals surface area contributed by atoms with E-state index in [1.54, 1.807) is 28.4 Å². The normalized spacial score (nSPS) is 18.7. The van der Waals surface area contributed by atoms with Crippen molar-refractivity contribution < 1.29 is 9.47 Å². The highest BCUT2D eigenvalue weighted by atomic mass is 35.5. The summed E-state index contributed by atoms with van der Waals surface area (Å²) in [6.45, 7) is 1.83. The zero-order valence-corrected chi connectivity index (χ0v) is 15.5. The molecule has 2 aliphatic heterocycles. The number of hydrogen-bond donors (Lipinski definition) is 1. The fourth-order valence-corrected chi connectivity index (χ4v) is 3.87. The summed E-state index contributed by atoms with van der Waals surface area (Å²) in [4.78, 5) is 21.6. The molecule has 5 rings (SSSR count). The third kappa shape index (κ3) is 2.67. The number of imidazole rings is 1. The van der Waals surface area contributed by atoms with Crippen LogP contribution in [0.4, 0.5) is 11.6 Å². The number of halogens is 1. The zero-order chi connectivity index (χ0) is 18.5. The molecule has 0 saturated carbocycles. The van der Waals surface area contributed by atoms with Crippen LogP contribution in [-0.2, 0) is 18.2 Å². The molecule has 1 N–H and O–H groups in total. The van der Waals surface area contributed by atoms with Crippen LogP contribution in [0.2, 0.25) is 5.02 Å². The number of benzene rings is 1. The van der Waals surface area contributed by atoms with Crippen molar-refractivity contribution in [2.45, 2.75) is 18.9 Å². The molecule has 1 atom stereocenters. The monoisotopic (exact) mass is 387 g/mol. The smallest absolute Gasteiger partial charge is 0.330 e. The maximum atomic E-state index is 12.7. The van der Waals surface area contributed by atoms with Gasteiger partial charge in [-0.3, -0.25) is 9.13 Å². The summed E-state index contributed by atoms with van der Waals surface area (Å²) in [6, 6.07) is 3.75. The van der Waals surface area contributed by atoms with Crippen molar-refractivity contribution >= 4 is 34.4 Å². The number of nitrogens with one attached hydrogen (secondary N) is 1. The highest BCUT2D eigenvalue weighted by molar-refractivity contribution is 6.33. The molecule has 2 aromatic heterocycles. The number of aryl methyl sites for hydroxylation is 1. The van der Waals surface area contributed by atoms with Crippen LogP contribution in [-0.4, -0.2) is 38.9 Å². The second kappa shape index (κ2) is 6.24. The summed E-state index contributed by atoms with van der Waals surface area (Å²) < 4.78 is 14.3. The summed E-state index contributed by atoms with van der Waals surface area (Å²) in [5.74, 6) is 1.21. The fourth-order valence-electron chi connectivity index (χ4n) is 3.67. The summed E-state index contributed by atoms with van der Waals surface area (Å²) in [5.41, 5.74) is 2.98.